The molecule has 0 aliphatic heterocycles. The van der Waals surface area contributed by atoms with Gasteiger partial charge in [-0.15, -0.1) is 0 Å². The fraction of sp³-hybridized carbons (Fsp3) is 0.120. The SMILES string of the molecule is COc1cc(C=NNC(=O)C(=O)Nc2ccc(NC(C)=O)cc2)ccc1OCc1ccccc1. The Labute approximate surface area is 196 Å². The van der Waals surface area contributed by atoms with Crippen LogP contribution in [0.25, 0.3) is 0 Å². The molecule has 0 atom stereocenters. The minimum Gasteiger partial charge on any atom is -0.493 e. The Morgan fingerprint density at radius 2 is 1.53 bits per heavy atom. The van der Waals surface area contributed by atoms with Crippen molar-refractivity contribution in [1.82, 2.24) is 5.43 Å². The highest BCUT2D eigenvalue weighted by atomic mass is 16.5. The Kier molecular flexibility index (Phi) is 8.34. The van der Waals surface area contributed by atoms with Crippen LogP contribution in [0, 0.1) is 0 Å². The highest BCUT2D eigenvalue weighted by Gasteiger charge is 2.13. The summed E-state index contributed by atoms with van der Waals surface area (Å²) in [6.07, 6.45) is 1.39. The summed E-state index contributed by atoms with van der Waals surface area (Å²) < 4.78 is 11.2. The molecule has 34 heavy (non-hydrogen) atoms. The number of carbonyl (C=O) groups is 3. The summed E-state index contributed by atoms with van der Waals surface area (Å²) in [5.74, 6) is -0.951. The first-order chi connectivity index (χ1) is 16.4. The van der Waals surface area contributed by atoms with Crippen LogP contribution in [0.2, 0.25) is 0 Å². The largest absolute Gasteiger partial charge is 0.493 e. The molecule has 0 saturated heterocycles. The summed E-state index contributed by atoms with van der Waals surface area (Å²) >= 11 is 0. The zero-order chi connectivity index (χ0) is 24.3. The molecule has 0 heterocycles. The third-order valence-electron chi connectivity index (χ3n) is 4.47. The first kappa shape index (κ1) is 24.0. The number of benzene rings is 3. The lowest BCUT2D eigenvalue weighted by Gasteiger charge is -2.11. The maximum atomic E-state index is 12.0. The van der Waals surface area contributed by atoms with Gasteiger partial charge >= 0.3 is 11.8 Å². The average molecular weight is 460 g/mol. The molecule has 9 nitrogen and oxygen atoms in total. The molecule has 3 aromatic rings. The molecule has 0 bridgehead atoms. The quantitative estimate of drug-likeness (QED) is 0.271. The van der Waals surface area contributed by atoms with Gasteiger partial charge in [0, 0.05) is 18.3 Å². The second kappa shape index (κ2) is 11.8. The second-order valence-corrected chi connectivity index (χ2v) is 7.10. The van der Waals surface area contributed by atoms with Crippen LogP contribution in [0.3, 0.4) is 0 Å². The highest BCUT2D eigenvalue weighted by molar-refractivity contribution is 6.39. The topological polar surface area (TPSA) is 118 Å². The summed E-state index contributed by atoms with van der Waals surface area (Å²) in [5.41, 5.74) is 4.81. The van der Waals surface area contributed by atoms with E-state index < -0.39 is 11.8 Å². The van der Waals surface area contributed by atoms with E-state index in [-0.39, 0.29) is 5.91 Å². The molecule has 0 saturated carbocycles. The van der Waals surface area contributed by atoms with Crippen LogP contribution in [0.5, 0.6) is 11.5 Å². The van der Waals surface area contributed by atoms with Crippen LogP contribution < -0.4 is 25.5 Å². The number of hydrogen-bond acceptors (Lipinski definition) is 6. The molecular formula is C25H24N4O5. The van der Waals surface area contributed by atoms with Gasteiger partial charge in [-0.2, -0.15) is 5.10 Å². The number of nitrogens with one attached hydrogen (secondary N) is 3. The molecule has 0 aliphatic rings. The van der Waals surface area contributed by atoms with Crippen LogP contribution in [0.1, 0.15) is 18.1 Å². The zero-order valence-electron chi connectivity index (χ0n) is 18.7. The molecule has 174 valence electrons. The van der Waals surface area contributed by atoms with Crippen LogP contribution in [0.4, 0.5) is 11.4 Å². The molecule has 3 aromatic carbocycles. The number of anilines is 2. The Morgan fingerprint density at radius 1 is 0.853 bits per heavy atom. The van der Waals surface area contributed by atoms with Gasteiger partial charge in [0.05, 0.1) is 13.3 Å². The van der Waals surface area contributed by atoms with E-state index in [1.807, 2.05) is 30.3 Å². The van der Waals surface area contributed by atoms with Crippen LogP contribution in [-0.4, -0.2) is 31.0 Å². The molecule has 0 radical (unpaired) electrons. The molecule has 3 amide bonds. The maximum Gasteiger partial charge on any atom is 0.329 e. The molecular weight excluding hydrogens is 436 g/mol. The normalized spacial score (nSPS) is 10.4. The Bertz CT molecular complexity index is 1180. The molecule has 0 fully saturated rings. The van der Waals surface area contributed by atoms with E-state index in [0.717, 1.165) is 5.56 Å². The minimum atomic E-state index is -0.933. The highest BCUT2D eigenvalue weighted by Crippen LogP contribution is 2.28. The van der Waals surface area contributed by atoms with Gasteiger partial charge in [0.1, 0.15) is 6.61 Å². The van der Waals surface area contributed by atoms with E-state index in [4.69, 9.17) is 9.47 Å². The fourth-order valence-corrected chi connectivity index (χ4v) is 2.86. The third kappa shape index (κ3) is 7.20. The van der Waals surface area contributed by atoms with Gasteiger partial charge in [0.25, 0.3) is 0 Å². The molecule has 3 rings (SSSR count). The van der Waals surface area contributed by atoms with Crippen LogP contribution in [-0.2, 0) is 21.0 Å². The number of carbonyl (C=O) groups excluding carboxylic acids is 3. The smallest absolute Gasteiger partial charge is 0.329 e. The molecule has 0 aromatic heterocycles. The van der Waals surface area contributed by atoms with Crippen molar-refractivity contribution in [2.24, 2.45) is 5.10 Å². The van der Waals surface area contributed by atoms with Crippen molar-refractivity contribution in [3.8, 4) is 11.5 Å². The number of amides is 3. The summed E-state index contributed by atoms with van der Waals surface area (Å²) in [6.45, 7) is 1.79. The molecule has 9 heteroatoms. The van der Waals surface area contributed by atoms with Gasteiger partial charge in [-0.25, -0.2) is 5.43 Å². The van der Waals surface area contributed by atoms with Gasteiger partial charge in [-0.05, 0) is 53.6 Å². The van der Waals surface area contributed by atoms with E-state index in [2.05, 4.69) is 21.2 Å². The molecule has 0 unspecified atom stereocenters. The van der Waals surface area contributed by atoms with Crippen molar-refractivity contribution in [3.05, 3.63) is 83.9 Å². The van der Waals surface area contributed by atoms with Crippen molar-refractivity contribution in [2.75, 3.05) is 17.7 Å². The first-order valence-electron chi connectivity index (χ1n) is 10.3. The zero-order valence-corrected chi connectivity index (χ0v) is 18.7. The van der Waals surface area contributed by atoms with E-state index in [0.29, 0.717) is 35.0 Å². The molecule has 3 N–H and O–H groups in total. The monoisotopic (exact) mass is 460 g/mol. The van der Waals surface area contributed by atoms with Gasteiger partial charge in [-0.1, -0.05) is 30.3 Å². The van der Waals surface area contributed by atoms with Crippen molar-refractivity contribution in [3.63, 3.8) is 0 Å². The minimum absolute atomic E-state index is 0.207. The van der Waals surface area contributed by atoms with Gasteiger partial charge in [0.15, 0.2) is 11.5 Å². The van der Waals surface area contributed by atoms with Crippen molar-refractivity contribution < 1.29 is 23.9 Å². The lowest BCUT2D eigenvalue weighted by Crippen LogP contribution is -2.32. The summed E-state index contributed by atoms with van der Waals surface area (Å²) in [7, 11) is 1.53. The first-order valence-corrected chi connectivity index (χ1v) is 10.3. The van der Waals surface area contributed by atoms with E-state index >= 15 is 0 Å². The number of hydrogen-bond donors (Lipinski definition) is 3. The van der Waals surface area contributed by atoms with E-state index in [1.165, 1.54) is 20.2 Å². The number of nitrogens with zero attached hydrogens (tertiary/aromatic N) is 1. The predicted octanol–water partition coefficient (Wildman–Crippen LogP) is 3.32. The predicted molar refractivity (Wildman–Crippen MR) is 129 cm³/mol. The Balaban J connectivity index is 1.52. The lowest BCUT2D eigenvalue weighted by molar-refractivity contribution is -0.136. The fourth-order valence-electron chi connectivity index (χ4n) is 2.86. The third-order valence-corrected chi connectivity index (χ3v) is 4.47. The Morgan fingerprint density at radius 3 is 2.18 bits per heavy atom. The molecule has 0 spiro atoms. The standard InChI is InChI=1S/C25H24N4O5/c1-17(30)27-20-9-11-21(12-10-20)28-24(31)25(32)29-26-15-19-8-13-22(23(14-19)33-2)34-16-18-6-4-3-5-7-18/h3-15H,16H2,1-2H3,(H,27,30)(H,28,31)(H,29,32). The maximum absolute atomic E-state index is 12.0. The summed E-state index contributed by atoms with van der Waals surface area (Å²) in [6, 6.07) is 21.3. The van der Waals surface area contributed by atoms with Crippen molar-refractivity contribution in [1.29, 1.82) is 0 Å². The van der Waals surface area contributed by atoms with E-state index in [9.17, 15) is 14.4 Å². The summed E-state index contributed by atoms with van der Waals surface area (Å²) in [4.78, 5) is 35.1. The number of rotatable bonds is 8. The summed E-state index contributed by atoms with van der Waals surface area (Å²) in [5, 5.41) is 8.88. The Hall–Kier alpha value is -4.66. The molecule has 0 aliphatic carbocycles. The average Bonchev–Trinajstić information content (AvgIpc) is 2.84. The second-order valence-electron chi connectivity index (χ2n) is 7.10. The van der Waals surface area contributed by atoms with Gasteiger partial charge < -0.3 is 20.1 Å². The van der Waals surface area contributed by atoms with Crippen LogP contribution in [0.15, 0.2) is 77.9 Å². The van der Waals surface area contributed by atoms with Gasteiger partial charge in [-0.3, -0.25) is 14.4 Å². The van der Waals surface area contributed by atoms with Crippen LogP contribution >= 0.6 is 0 Å². The van der Waals surface area contributed by atoms with Crippen molar-refractivity contribution in [2.45, 2.75) is 13.5 Å². The van der Waals surface area contributed by atoms with Crippen molar-refractivity contribution >= 4 is 35.3 Å². The number of methoxy groups -OCH3 is 1. The lowest BCUT2D eigenvalue weighted by atomic mass is 10.2. The number of ether oxygens (including phenoxy) is 2. The number of hydrazone groups is 1. The van der Waals surface area contributed by atoms with E-state index in [1.54, 1.807) is 42.5 Å². The van der Waals surface area contributed by atoms with Gasteiger partial charge in [0.2, 0.25) is 5.91 Å².